The van der Waals surface area contributed by atoms with Gasteiger partial charge in [0.2, 0.25) is 0 Å². The van der Waals surface area contributed by atoms with Gasteiger partial charge in [-0.2, -0.15) is 0 Å². The van der Waals surface area contributed by atoms with Crippen molar-refractivity contribution in [3.05, 3.63) is 0 Å². The third-order valence-corrected chi connectivity index (χ3v) is 3.40. The van der Waals surface area contributed by atoms with E-state index < -0.39 is 5.97 Å². The fourth-order valence-electron chi connectivity index (χ4n) is 2.15. The Balaban J connectivity index is 4.31. The van der Waals surface area contributed by atoms with Crippen LogP contribution in [0.2, 0.25) is 0 Å². The smallest absolute Gasteiger partial charge is 0.315 e. The van der Waals surface area contributed by atoms with Crippen molar-refractivity contribution < 1.29 is 19.8 Å². The van der Waals surface area contributed by atoms with E-state index in [1.165, 1.54) is 0 Å². The van der Waals surface area contributed by atoms with E-state index in [1.807, 2.05) is 27.7 Å². The first-order valence-electron chi connectivity index (χ1n) is 7.16. The number of amides is 2. The van der Waals surface area contributed by atoms with Gasteiger partial charge in [0, 0.05) is 31.5 Å². The first-order chi connectivity index (χ1) is 9.29. The van der Waals surface area contributed by atoms with Crippen LogP contribution >= 0.6 is 0 Å². The number of urea groups is 1. The van der Waals surface area contributed by atoms with E-state index in [9.17, 15) is 14.7 Å². The molecule has 6 nitrogen and oxygen atoms in total. The van der Waals surface area contributed by atoms with E-state index in [4.69, 9.17) is 5.11 Å². The fraction of sp³-hybridized carbons (Fsp3) is 0.857. The summed E-state index contributed by atoms with van der Waals surface area (Å²) in [7, 11) is 0. The molecule has 0 rings (SSSR count). The second-order valence-electron chi connectivity index (χ2n) is 5.76. The third-order valence-electron chi connectivity index (χ3n) is 3.40. The third kappa shape index (κ3) is 7.33. The minimum Gasteiger partial charge on any atom is -0.481 e. The summed E-state index contributed by atoms with van der Waals surface area (Å²) in [4.78, 5) is 22.2. The van der Waals surface area contributed by atoms with Gasteiger partial charge in [-0.15, -0.1) is 0 Å². The molecule has 0 aliphatic carbocycles. The Bertz CT molecular complexity index is 306. The lowest BCUT2D eigenvalue weighted by atomic mass is 9.83. The van der Waals surface area contributed by atoms with Crippen molar-refractivity contribution in [1.29, 1.82) is 0 Å². The standard InChI is InChI=1S/C14H28N2O4/c1-9(2)11(8-17)13(10(3)4)16-14(20)15-7-5-6-12(18)19/h9-11,13,17H,5-8H2,1-4H3,(H,18,19)(H2,15,16,20). The zero-order valence-electron chi connectivity index (χ0n) is 12.8. The van der Waals surface area contributed by atoms with Crippen LogP contribution in [0.3, 0.4) is 0 Å². The Hall–Kier alpha value is -1.30. The van der Waals surface area contributed by atoms with Crippen molar-refractivity contribution in [2.75, 3.05) is 13.2 Å². The number of rotatable bonds is 9. The Kier molecular flexibility index (Phi) is 8.96. The van der Waals surface area contributed by atoms with Crippen molar-refractivity contribution in [3.8, 4) is 0 Å². The second-order valence-corrected chi connectivity index (χ2v) is 5.76. The molecule has 0 aromatic rings. The van der Waals surface area contributed by atoms with E-state index in [0.29, 0.717) is 13.0 Å². The number of carbonyl (C=O) groups is 2. The quantitative estimate of drug-likeness (QED) is 0.482. The zero-order chi connectivity index (χ0) is 15.7. The van der Waals surface area contributed by atoms with Crippen molar-refractivity contribution >= 4 is 12.0 Å². The largest absolute Gasteiger partial charge is 0.481 e. The molecule has 2 amide bonds. The van der Waals surface area contributed by atoms with E-state index in [2.05, 4.69) is 10.6 Å². The molecule has 0 aromatic carbocycles. The lowest BCUT2D eigenvalue weighted by Crippen LogP contribution is -2.50. The normalized spacial score (nSPS) is 14.2. The Labute approximate surface area is 120 Å². The summed E-state index contributed by atoms with van der Waals surface area (Å²) in [5, 5.41) is 23.5. The molecular weight excluding hydrogens is 260 g/mol. The molecule has 2 atom stereocenters. The van der Waals surface area contributed by atoms with Crippen LogP contribution in [0.1, 0.15) is 40.5 Å². The fourth-order valence-corrected chi connectivity index (χ4v) is 2.15. The Morgan fingerprint density at radius 1 is 1.10 bits per heavy atom. The van der Waals surface area contributed by atoms with Gasteiger partial charge in [-0.25, -0.2) is 4.79 Å². The molecule has 0 aliphatic heterocycles. The molecule has 0 aromatic heterocycles. The van der Waals surface area contributed by atoms with Crippen molar-refractivity contribution in [3.63, 3.8) is 0 Å². The van der Waals surface area contributed by atoms with Crippen LogP contribution in [0.5, 0.6) is 0 Å². The lowest BCUT2D eigenvalue weighted by molar-refractivity contribution is -0.137. The summed E-state index contributed by atoms with van der Waals surface area (Å²) in [6, 6.07) is -0.423. The van der Waals surface area contributed by atoms with Crippen molar-refractivity contribution in [2.45, 2.75) is 46.6 Å². The van der Waals surface area contributed by atoms with Crippen LogP contribution in [0.15, 0.2) is 0 Å². The number of carbonyl (C=O) groups excluding carboxylic acids is 1. The van der Waals surface area contributed by atoms with Gasteiger partial charge in [0.15, 0.2) is 0 Å². The second kappa shape index (κ2) is 9.58. The highest BCUT2D eigenvalue weighted by molar-refractivity contribution is 5.74. The molecule has 0 heterocycles. The number of hydrogen-bond acceptors (Lipinski definition) is 3. The number of aliphatic hydroxyl groups is 1. The highest BCUT2D eigenvalue weighted by Crippen LogP contribution is 2.20. The van der Waals surface area contributed by atoms with Gasteiger partial charge >= 0.3 is 12.0 Å². The maximum atomic E-state index is 11.8. The molecule has 0 radical (unpaired) electrons. The van der Waals surface area contributed by atoms with E-state index >= 15 is 0 Å². The maximum Gasteiger partial charge on any atom is 0.315 e. The summed E-state index contributed by atoms with van der Waals surface area (Å²) < 4.78 is 0. The van der Waals surface area contributed by atoms with Crippen LogP contribution in [0.25, 0.3) is 0 Å². The van der Waals surface area contributed by atoms with Crippen LogP contribution in [0.4, 0.5) is 4.79 Å². The lowest BCUT2D eigenvalue weighted by Gasteiger charge is -2.32. The molecular formula is C14H28N2O4. The average Bonchev–Trinajstić information content (AvgIpc) is 2.33. The zero-order valence-corrected chi connectivity index (χ0v) is 12.8. The molecule has 0 spiro atoms. The Morgan fingerprint density at radius 3 is 2.10 bits per heavy atom. The first kappa shape index (κ1) is 18.7. The molecule has 0 fully saturated rings. The summed E-state index contributed by atoms with van der Waals surface area (Å²) in [6.07, 6.45) is 0.446. The maximum absolute atomic E-state index is 11.8. The highest BCUT2D eigenvalue weighted by Gasteiger charge is 2.27. The minimum absolute atomic E-state index is 0.000213. The summed E-state index contributed by atoms with van der Waals surface area (Å²) in [5.41, 5.74) is 0. The van der Waals surface area contributed by atoms with E-state index in [1.54, 1.807) is 0 Å². The average molecular weight is 288 g/mol. The minimum atomic E-state index is -0.868. The number of carboxylic acid groups (broad SMARTS) is 1. The monoisotopic (exact) mass is 288 g/mol. The van der Waals surface area contributed by atoms with Gasteiger partial charge in [0.1, 0.15) is 0 Å². The van der Waals surface area contributed by atoms with Crippen LogP contribution in [0, 0.1) is 17.8 Å². The molecule has 20 heavy (non-hydrogen) atoms. The SMILES string of the molecule is CC(C)C(CO)C(NC(=O)NCCCC(=O)O)C(C)C. The molecule has 0 bridgehead atoms. The van der Waals surface area contributed by atoms with Gasteiger partial charge in [-0.1, -0.05) is 27.7 Å². The first-order valence-corrected chi connectivity index (χ1v) is 7.16. The van der Waals surface area contributed by atoms with Gasteiger partial charge < -0.3 is 20.8 Å². The summed E-state index contributed by atoms with van der Waals surface area (Å²) in [6.45, 7) is 8.39. The molecule has 4 N–H and O–H groups in total. The van der Waals surface area contributed by atoms with Gasteiger partial charge in [-0.3, -0.25) is 4.79 Å². The Morgan fingerprint density at radius 2 is 1.70 bits per heavy atom. The topological polar surface area (TPSA) is 98.7 Å². The number of aliphatic carboxylic acids is 1. The number of hydrogen-bond donors (Lipinski definition) is 4. The molecule has 2 unspecified atom stereocenters. The van der Waals surface area contributed by atoms with Gasteiger partial charge in [0.05, 0.1) is 0 Å². The predicted molar refractivity (Wildman–Crippen MR) is 77.4 cm³/mol. The van der Waals surface area contributed by atoms with Gasteiger partial charge in [0.25, 0.3) is 0 Å². The van der Waals surface area contributed by atoms with E-state index in [-0.39, 0.29) is 42.9 Å². The van der Waals surface area contributed by atoms with Crippen molar-refractivity contribution in [1.82, 2.24) is 10.6 Å². The number of carboxylic acids is 1. The molecule has 0 saturated heterocycles. The summed E-state index contributed by atoms with van der Waals surface area (Å²) >= 11 is 0. The highest BCUT2D eigenvalue weighted by atomic mass is 16.4. The number of nitrogens with one attached hydrogen (secondary N) is 2. The van der Waals surface area contributed by atoms with Crippen molar-refractivity contribution in [2.24, 2.45) is 17.8 Å². The molecule has 0 aliphatic rings. The molecule has 6 heteroatoms. The van der Waals surface area contributed by atoms with Crippen LogP contribution in [-0.2, 0) is 4.79 Å². The van der Waals surface area contributed by atoms with Crippen LogP contribution in [-0.4, -0.2) is 41.4 Å². The summed E-state index contributed by atoms with van der Waals surface area (Å²) in [5.74, 6) is -0.397. The van der Waals surface area contributed by atoms with E-state index in [0.717, 1.165) is 0 Å². The molecule has 0 saturated carbocycles. The predicted octanol–water partition coefficient (Wildman–Crippen LogP) is 1.44. The van der Waals surface area contributed by atoms with Crippen LogP contribution < -0.4 is 10.6 Å². The van der Waals surface area contributed by atoms with Gasteiger partial charge in [-0.05, 0) is 18.3 Å². The number of aliphatic hydroxyl groups excluding tert-OH is 1. The molecule has 118 valence electrons.